The second-order valence-corrected chi connectivity index (χ2v) is 14.5. The smallest absolute Gasteiger partial charge is 0.411 e. The van der Waals surface area contributed by atoms with Gasteiger partial charge < -0.3 is 30.2 Å². The topological polar surface area (TPSA) is 166 Å². The molecule has 1 fully saturated rings. The maximum absolute atomic E-state index is 14.7. The van der Waals surface area contributed by atoms with E-state index in [0.29, 0.717) is 60.0 Å². The minimum absolute atomic E-state index is 0.0881. The molecule has 2 atom stereocenters. The standard InChI is InChI=1S/C35H44N4O8S/c1-7-46-30-19-23(13-15-29(30)47-21(2)3)32(37-25-11-8-10-24(18-25)33(36)40)34(41)39-17-9-12-28(39)27-20-26(38-35(42)45-6)14-16-31(27)48(43,44)22(4)5/h8,10-11,13-16,18-22,28,32,37H,7,9,12,17H2,1-6H3,(H2,36,40)(H,38,42)/t28-,32-/m1/s1. The number of nitrogens with two attached hydrogens (primary N) is 1. The summed E-state index contributed by atoms with van der Waals surface area (Å²) in [6, 6.07) is 14.7. The van der Waals surface area contributed by atoms with E-state index < -0.39 is 39.2 Å². The maximum atomic E-state index is 14.7. The first-order chi connectivity index (χ1) is 22.8. The Morgan fingerprint density at radius 2 is 1.73 bits per heavy atom. The van der Waals surface area contributed by atoms with Crippen LogP contribution in [0.4, 0.5) is 16.2 Å². The highest BCUT2D eigenvalue weighted by atomic mass is 32.2. The number of likely N-dealkylation sites (tertiary alicyclic amines) is 1. The van der Waals surface area contributed by atoms with Crippen molar-refractivity contribution < 1.29 is 37.0 Å². The number of anilines is 2. The third-order valence-electron chi connectivity index (χ3n) is 7.93. The number of methoxy groups -OCH3 is 1. The van der Waals surface area contributed by atoms with Crippen LogP contribution in [0.25, 0.3) is 0 Å². The highest BCUT2D eigenvalue weighted by molar-refractivity contribution is 7.92. The van der Waals surface area contributed by atoms with Crippen LogP contribution in [0.1, 0.15) is 81.0 Å². The number of carbonyl (C=O) groups excluding carboxylic acids is 3. The zero-order valence-electron chi connectivity index (χ0n) is 28.1. The molecule has 0 bridgehead atoms. The van der Waals surface area contributed by atoms with E-state index in [9.17, 15) is 22.8 Å². The molecule has 258 valence electrons. The molecule has 0 aliphatic carbocycles. The van der Waals surface area contributed by atoms with E-state index in [2.05, 4.69) is 10.6 Å². The summed E-state index contributed by atoms with van der Waals surface area (Å²) in [5.41, 5.74) is 7.58. The van der Waals surface area contributed by atoms with Crippen LogP contribution in [-0.4, -0.2) is 62.8 Å². The Labute approximate surface area is 281 Å². The lowest BCUT2D eigenvalue weighted by Crippen LogP contribution is -2.38. The number of amides is 3. The molecule has 0 radical (unpaired) electrons. The lowest BCUT2D eigenvalue weighted by molar-refractivity contribution is -0.133. The summed E-state index contributed by atoms with van der Waals surface area (Å²) in [4.78, 5) is 40.5. The number of carbonyl (C=O) groups is 3. The van der Waals surface area contributed by atoms with Crippen molar-refractivity contribution >= 4 is 39.1 Å². The normalized spacial score (nSPS) is 15.2. The molecule has 4 rings (SSSR count). The van der Waals surface area contributed by atoms with E-state index in [4.69, 9.17) is 19.9 Å². The van der Waals surface area contributed by atoms with Gasteiger partial charge in [0, 0.05) is 23.5 Å². The van der Waals surface area contributed by atoms with Crippen LogP contribution < -0.4 is 25.8 Å². The van der Waals surface area contributed by atoms with E-state index >= 15 is 0 Å². The summed E-state index contributed by atoms with van der Waals surface area (Å²) in [5, 5.41) is 5.17. The largest absolute Gasteiger partial charge is 0.490 e. The van der Waals surface area contributed by atoms with Gasteiger partial charge in [0.05, 0.1) is 36.0 Å². The predicted octanol–water partition coefficient (Wildman–Crippen LogP) is 5.85. The number of ether oxygens (including phenoxy) is 3. The van der Waals surface area contributed by atoms with Crippen LogP contribution in [0, 0.1) is 0 Å². The van der Waals surface area contributed by atoms with E-state index in [1.807, 2.05) is 20.8 Å². The van der Waals surface area contributed by atoms with Crippen molar-refractivity contribution in [3.63, 3.8) is 0 Å². The van der Waals surface area contributed by atoms with Gasteiger partial charge in [0.2, 0.25) is 11.8 Å². The van der Waals surface area contributed by atoms with Gasteiger partial charge in [-0.05, 0) is 107 Å². The van der Waals surface area contributed by atoms with Gasteiger partial charge in [-0.15, -0.1) is 0 Å². The third kappa shape index (κ3) is 8.19. The summed E-state index contributed by atoms with van der Waals surface area (Å²) < 4.78 is 43.7. The molecule has 12 nitrogen and oxygen atoms in total. The van der Waals surface area contributed by atoms with E-state index in [0.717, 1.165) is 0 Å². The Kier molecular flexibility index (Phi) is 11.6. The Morgan fingerprint density at radius 3 is 2.38 bits per heavy atom. The minimum Gasteiger partial charge on any atom is -0.490 e. The first kappa shape index (κ1) is 36.1. The fourth-order valence-electron chi connectivity index (χ4n) is 5.63. The summed E-state index contributed by atoms with van der Waals surface area (Å²) in [6.45, 7) is 9.57. The fraction of sp³-hybridized carbons (Fsp3) is 0.400. The molecule has 0 aromatic heterocycles. The highest BCUT2D eigenvalue weighted by Gasteiger charge is 2.38. The number of primary amides is 1. The fourth-order valence-corrected chi connectivity index (χ4v) is 6.92. The molecule has 1 aliphatic heterocycles. The summed E-state index contributed by atoms with van der Waals surface area (Å²) in [7, 11) is -2.55. The van der Waals surface area contributed by atoms with E-state index in [1.54, 1.807) is 67.3 Å². The van der Waals surface area contributed by atoms with Crippen molar-refractivity contribution in [2.24, 2.45) is 5.73 Å². The Morgan fingerprint density at radius 1 is 0.979 bits per heavy atom. The third-order valence-corrected chi connectivity index (χ3v) is 10.2. The van der Waals surface area contributed by atoms with Crippen LogP contribution >= 0.6 is 0 Å². The molecule has 0 spiro atoms. The van der Waals surface area contributed by atoms with E-state index in [-0.39, 0.29) is 22.5 Å². The molecule has 1 saturated heterocycles. The van der Waals surface area contributed by atoms with Crippen molar-refractivity contribution in [1.29, 1.82) is 0 Å². The molecule has 0 unspecified atom stereocenters. The van der Waals surface area contributed by atoms with Crippen molar-refractivity contribution in [3.8, 4) is 11.5 Å². The number of sulfone groups is 1. The van der Waals surface area contributed by atoms with Gasteiger partial charge in [-0.2, -0.15) is 0 Å². The maximum Gasteiger partial charge on any atom is 0.411 e. The monoisotopic (exact) mass is 680 g/mol. The van der Waals surface area contributed by atoms with Crippen LogP contribution in [0.5, 0.6) is 11.5 Å². The van der Waals surface area contributed by atoms with Crippen molar-refractivity contribution in [2.75, 3.05) is 30.9 Å². The molecular formula is C35H44N4O8S. The van der Waals surface area contributed by atoms with Crippen molar-refractivity contribution in [3.05, 3.63) is 77.4 Å². The SMILES string of the molecule is CCOc1cc([C@@H](Nc2cccc(C(N)=O)c2)C(=O)N2CCC[C@@H]2c2cc(NC(=O)OC)ccc2S(=O)(=O)C(C)C)ccc1OC(C)C. The average Bonchev–Trinajstić information content (AvgIpc) is 3.54. The van der Waals surface area contributed by atoms with Gasteiger partial charge in [0.15, 0.2) is 21.3 Å². The second kappa shape index (κ2) is 15.4. The van der Waals surface area contributed by atoms with Gasteiger partial charge in [0.1, 0.15) is 6.04 Å². The van der Waals surface area contributed by atoms with Crippen molar-refractivity contribution in [1.82, 2.24) is 4.90 Å². The number of rotatable bonds is 13. The molecule has 0 saturated carbocycles. The van der Waals surface area contributed by atoms with Gasteiger partial charge in [-0.3, -0.25) is 14.9 Å². The number of nitrogens with one attached hydrogen (secondary N) is 2. The second-order valence-electron chi connectivity index (χ2n) is 12.0. The van der Waals surface area contributed by atoms with Crippen molar-refractivity contribution in [2.45, 2.75) is 75.8 Å². The molecule has 3 aromatic carbocycles. The van der Waals surface area contributed by atoms with Gasteiger partial charge in [0.25, 0.3) is 0 Å². The molecule has 3 amide bonds. The van der Waals surface area contributed by atoms with Crippen LogP contribution in [0.15, 0.2) is 65.6 Å². The lowest BCUT2D eigenvalue weighted by atomic mass is 10.0. The Hall–Kier alpha value is -4.78. The van der Waals surface area contributed by atoms with Crippen LogP contribution in [0.2, 0.25) is 0 Å². The van der Waals surface area contributed by atoms with Gasteiger partial charge in [-0.1, -0.05) is 12.1 Å². The first-order valence-electron chi connectivity index (χ1n) is 15.9. The lowest BCUT2D eigenvalue weighted by Gasteiger charge is -2.32. The predicted molar refractivity (Wildman–Crippen MR) is 183 cm³/mol. The Bertz CT molecular complexity index is 1760. The molecule has 4 N–H and O–H groups in total. The highest BCUT2D eigenvalue weighted by Crippen LogP contribution is 2.41. The molecule has 48 heavy (non-hydrogen) atoms. The number of hydrogen-bond donors (Lipinski definition) is 3. The first-order valence-corrected chi connectivity index (χ1v) is 17.4. The molecule has 1 heterocycles. The molecule has 1 aliphatic rings. The van der Waals surface area contributed by atoms with Gasteiger partial charge >= 0.3 is 6.09 Å². The number of benzene rings is 3. The van der Waals surface area contributed by atoms with Crippen LogP contribution in [-0.2, 0) is 19.4 Å². The molecule has 13 heteroatoms. The van der Waals surface area contributed by atoms with Gasteiger partial charge in [-0.25, -0.2) is 13.2 Å². The van der Waals surface area contributed by atoms with E-state index in [1.165, 1.54) is 19.2 Å². The number of hydrogen-bond acceptors (Lipinski definition) is 9. The quantitative estimate of drug-likeness (QED) is 0.201. The molecular weight excluding hydrogens is 636 g/mol. The number of nitrogens with zero attached hydrogens (tertiary/aromatic N) is 1. The zero-order valence-corrected chi connectivity index (χ0v) is 28.9. The summed E-state index contributed by atoms with van der Waals surface area (Å²) in [6.07, 6.45) is 0.274. The molecule has 3 aromatic rings. The Balaban J connectivity index is 1.84. The summed E-state index contributed by atoms with van der Waals surface area (Å²) in [5.74, 6) is 0.0320. The van der Waals surface area contributed by atoms with Crippen LogP contribution in [0.3, 0.4) is 0 Å². The minimum atomic E-state index is -3.78. The zero-order chi connectivity index (χ0) is 35.2. The average molecular weight is 681 g/mol. The summed E-state index contributed by atoms with van der Waals surface area (Å²) >= 11 is 0.